The van der Waals surface area contributed by atoms with Crippen molar-refractivity contribution in [1.29, 1.82) is 0 Å². The summed E-state index contributed by atoms with van der Waals surface area (Å²) < 4.78 is 32.6. The van der Waals surface area contributed by atoms with E-state index in [2.05, 4.69) is 13.8 Å². The topological polar surface area (TPSA) is 63.7 Å². The summed E-state index contributed by atoms with van der Waals surface area (Å²) in [6.45, 7) is 6.59. The third-order valence-corrected chi connectivity index (χ3v) is 6.79. The Kier molecular flexibility index (Phi) is 6.63. The highest BCUT2D eigenvalue weighted by atomic mass is 32.2. The predicted molar refractivity (Wildman–Crippen MR) is 97.7 cm³/mol. The van der Waals surface area contributed by atoms with E-state index in [4.69, 9.17) is 4.74 Å². The molecule has 0 N–H and O–H groups in total. The van der Waals surface area contributed by atoms with Gasteiger partial charge in [0.1, 0.15) is 0 Å². The molecule has 2 rings (SSSR count). The first-order valence-electron chi connectivity index (χ1n) is 8.89. The van der Waals surface area contributed by atoms with Crippen LogP contribution in [0.2, 0.25) is 0 Å². The number of benzene rings is 1. The average Bonchev–Trinajstić information content (AvgIpc) is 2.54. The molecule has 0 saturated carbocycles. The highest BCUT2D eigenvalue weighted by molar-refractivity contribution is 7.89. The molecular formula is C19H29NO4S. The van der Waals surface area contributed by atoms with Gasteiger partial charge in [0.25, 0.3) is 0 Å². The first kappa shape index (κ1) is 19.9. The van der Waals surface area contributed by atoms with Gasteiger partial charge in [-0.1, -0.05) is 31.5 Å². The van der Waals surface area contributed by atoms with Crippen LogP contribution in [0.5, 0.6) is 0 Å². The van der Waals surface area contributed by atoms with Crippen molar-refractivity contribution in [2.75, 3.05) is 13.7 Å². The van der Waals surface area contributed by atoms with E-state index in [9.17, 15) is 13.2 Å². The number of piperidine rings is 1. The Morgan fingerprint density at radius 2 is 1.92 bits per heavy atom. The number of ether oxygens (including phenoxy) is 1. The predicted octanol–water partition coefficient (Wildman–Crippen LogP) is 3.37. The minimum Gasteiger partial charge on any atom is -0.469 e. The molecule has 0 bridgehead atoms. The fourth-order valence-corrected chi connectivity index (χ4v) is 5.20. The van der Waals surface area contributed by atoms with Crippen LogP contribution in [0.3, 0.4) is 0 Å². The minimum absolute atomic E-state index is 0.0743. The second kappa shape index (κ2) is 8.32. The summed E-state index contributed by atoms with van der Waals surface area (Å²) in [5, 5.41) is 0. The number of hydrogen-bond acceptors (Lipinski definition) is 4. The fraction of sp³-hybridized carbons (Fsp3) is 0.632. The zero-order chi connectivity index (χ0) is 18.6. The van der Waals surface area contributed by atoms with Gasteiger partial charge >= 0.3 is 5.97 Å². The van der Waals surface area contributed by atoms with Gasteiger partial charge in [-0.25, -0.2) is 8.42 Å². The molecule has 2 atom stereocenters. The molecule has 25 heavy (non-hydrogen) atoms. The summed E-state index contributed by atoms with van der Waals surface area (Å²) >= 11 is 0. The lowest BCUT2D eigenvalue weighted by Crippen LogP contribution is -2.46. The molecule has 1 heterocycles. The summed E-state index contributed by atoms with van der Waals surface area (Å²) in [4.78, 5) is 11.9. The lowest BCUT2D eigenvalue weighted by molar-refractivity contribution is -0.142. The van der Waals surface area contributed by atoms with Crippen molar-refractivity contribution in [3.8, 4) is 0 Å². The summed E-state index contributed by atoms with van der Waals surface area (Å²) in [7, 11) is -2.12. The second-order valence-corrected chi connectivity index (χ2v) is 9.27. The molecule has 0 radical (unpaired) electrons. The van der Waals surface area contributed by atoms with E-state index in [-0.39, 0.29) is 17.9 Å². The Morgan fingerprint density at radius 3 is 2.48 bits per heavy atom. The van der Waals surface area contributed by atoms with Gasteiger partial charge in [-0.15, -0.1) is 0 Å². The molecule has 5 nitrogen and oxygen atoms in total. The standard InChI is InChI=1S/C19H29NO4S/c1-14(2)11-17-12-16(13-19(21)24-4)9-10-20(17)25(22,23)18-7-5-15(3)6-8-18/h5-8,14,16-17H,9-13H2,1-4H3/t16-,17+/m1/s1. The number of carbonyl (C=O) groups is 1. The molecule has 0 aliphatic carbocycles. The maximum absolute atomic E-state index is 13.1. The maximum atomic E-state index is 13.1. The zero-order valence-corrected chi connectivity index (χ0v) is 16.4. The van der Waals surface area contributed by atoms with Gasteiger partial charge in [-0.3, -0.25) is 4.79 Å². The number of rotatable bonds is 6. The molecular weight excluding hydrogens is 338 g/mol. The minimum atomic E-state index is -3.51. The van der Waals surface area contributed by atoms with E-state index < -0.39 is 10.0 Å². The lowest BCUT2D eigenvalue weighted by Gasteiger charge is -2.39. The lowest BCUT2D eigenvalue weighted by atomic mass is 9.86. The highest BCUT2D eigenvalue weighted by Crippen LogP contribution is 2.33. The van der Waals surface area contributed by atoms with Gasteiger partial charge in [0.2, 0.25) is 10.0 Å². The monoisotopic (exact) mass is 367 g/mol. The number of hydrogen-bond donors (Lipinski definition) is 0. The summed E-state index contributed by atoms with van der Waals surface area (Å²) in [6, 6.07) is 6.94. The van der Waals surface area contributed by atoms with Crippen molar-refractivity contribution < 1.29 is 17.9 Å². The molecule has 1 saturated heterocycles. The van der Waals surface area contributed by atoms with E-state index in [0.717, 1.165) is 12.0 Å². The van der Waals surface area contributed by atoms with Crippen molar-refractivity contribution in [2.24, 2.45) is 11.8 Å². The molecule has 1 fully saturated rings. The van der Waals surface area contributed by atoms with Crippen LogP contribution in [0, 0.1) is 18.8 Å². The molecule has 0 amide bonds. The van der Waals surface area contributed by atoms with Crippen molar-refractivity contribution >= 4 is 16.0 Å². The SMILES string of the molecule is COC(=O)C[C@@H]1CCN(S(=O)(=O)c2ccc(C)cc2)[C@@H](CC(C)C)C1. The van der Waals surface area contributed by atoms with Crippen LogP contribution in [0.25, 0.3) is 0 Å². The van der Waals surface area contributed by atoms with Crippen LogP contribution in [-0.4, -0.2) is 38.4 Å². The Bertz CT molecular complexity index is 682. The van der Waals surface area contributed by atoms with Gasteiger partial charge < -0.3 is 4.74 Å². The number of esters is 1. The second-order valence-electron chi connectivity index (χ2n) is 7.38. The first-order valence-corrected chi connectivity index (χ1v) is 10.3. The highest BCUT2D eigenvalue weighted by Gasteiger charge is 2.37. The third-order valence-electron chi connectivity index (χ3n) is 4.82. The maximum Gasteiger partial charge on any atom is 0.305 e. The van der Waals surface area contributed by atoms with Crippen LogP contribution < -0.4 is 0 Å². The molecule has 0 spiro atoms. The van der Waals surface area contributed by atoms with Crippen LogP contribution in [0.4, 0.5) is 0 Å². The van der Waals surface area contributed by atoms with Gasteiger partial charge in [0.05, 0.1) is 12.0 Å². The van der Waals surface area contributed by atoms with E-state index in [0.29, 0.717) is 36.6 Å². The molecule has 140 valence electrons. The molecule has 1 aliphatic rings. The van der Waals surface area contributed by atoms with Gasteiger partial charge in [-0.05, 0) is 50.2 Å². The molecule has 1 aromatic carbocycles. The average molecular weight is 368 g/mol. The summed E-state index contributed by atoms with van der Waals surface area (Å²) in [6.07, 6.45) is 2.55. The Morgan fingerprint density at radius 1 is 1.28 bits per heavy atom. The van der Waals surface area contributed by atoms with Gasteiger partial charge in [-0.2, -0.15) is 4.31 Å². The summed E-state index contributed by atoms with van der Waals surface area (Å²) in [5.74, 6) is 0.349. The Hall–Kier alpha value is -1.40. The van der Waals surface area contributed by atoms with Crippen LogP contribution >= 0.6 is 0 Å². The molecule has 0 unspecified atom stereocenters. The normalized spacial score (nSPS) is 22.1. The number of nitrogens with zero attached hydrogens (tertiary/aromatic N) is 1. The van der Waals surface area contributed by atoms with Crippen molar-refractivity contribution in [1.82, 2.24) is 4.31 Å². The van der Waals surface area contributed by atoms with Crippen molar-refractivity contribution in [3.05, 3.63) is 29.8 Å². The zero-order valence-electron chi connectivity index (χ0n) is 15.6. The first-order chi connectivity index (χ1) is 11.7. The van der Waals surface area contributed by atoms with Gasteiger partial charge in [0.15, 0.2) is 0 Å². The largest absolute Gasteiger partial charge is 0.469 e. The Labute approximate surface area is 151 Å². The molecule has 0 aromatic heterocycles. The van der Waals surface area contributed by atoms with Crippen LogP contribution in [0.15, 0.2) is 29.2 Å². The van der Waals surface area contributed by atoms with Crippen molar-refractivity contribution in [2.45, 2.75) is 57.4 Å². The van der Waals surface area contributed by atoms with E-state index in [1.54, 1.807) is 16.4 Å². The van der Waals surface area contributed by atoms with E-state index in [1.165, 1.54) is 7.11 Å². The number of carbonyl (C=O) groups excluding carboxylic acids is 1. The fourth-order valence-electron chi connectivity index (χ4n) is 3.54. The molecule has 1 aliphatic heterocycles. The van der Waals surface area contributed by atoms with Crippen LogP contribution in [-0.2, 0) is 19.6 Å². The van der Waals surface area contributed by atoms with E-state index >= 15 is 0 Å². The smallest absolute Gasteiger partial charge is 0.305 e. The number of aryl methyl sites for hydroxylation is 1. The Balaban J connectivity index is 2.22. The summed E-state index contributed by atoms with van der Waals surface area (Å²) in [5.41, 5.74) is 1.04. The quantitative estimate of drug-likeness (QED) is 0.723. The number of sulfonamides is 1. The van der Waals surface area contributed by atoms with E-state index in [1.807, 2.05) is 19.1 Å². The van der Waals surface area contributed by atoms with Crippen LogP contribution in [0.1, 0.15) is 45.1 Å². The molecule has 1 aromatic rings. The number of methoxy groups -OCH3 is 1. The third kappa shape index (κ3) is 5.05. The van der Waals surface area contributed by atoms with Crippen molar-refractivity contribution in [3.63, 3.8) is 0 Å². The molecule has 6 heteroatoms. The van der Waals surface area contributed by atoms with Gasteiger partial charge in [0, 0.05) is 19.0 Å².